The number of amides is 2. The summed E-state index contributed by atoms with van der Waals surface area (Å²) in [6, 6.07) is -0.516. The van der Waals surface area contributed by atoms with E-state index in [2.05, 4.69) is 10.6 Å². The molecule has 7 heteroatoms. The van der Waals surface area contributed by atoms with Crippen molar-refractivity contribution in [2.45, 2.75) is 30.6 Å². The fourth-order valence-corrected chi connectivity index (χ4v) is 1.45. The largest absolute Gasteiger partial charge is 0.480 e. The van der Waals surface area contributed by atoms with E-state index in [1.807, 2.05) is 0 Å². The summed E-state index contributed by atoms with van der Waals surface area (Å²) >= 11 is 0. The van der Waals surface area contributed by atoms with E-state index in [0.29, 0.717) is 12.8 Å². The Labute approximate surface area is 96.2 Å². The summed E-state index contributed by atoms with van der Waals surface area (Å²) in [6.07, 6.45) is 2.49. The summed E-state index contributed by atoms with van der Waals surface area (Å²) in [4.78, 5) is 22.1. The van der Waals surface area contributed by atoms with Crippen molar-refractivity contribution in [3.8, 4) is 0 Å². The number of hydrogen-bond acceptors (Lipinski definition) is 3. The molecule has 1 fully saturated rings. The maximum atomic E-state index is 11.3. The number of carboxylic acids is 1. The van der Waals surface area contributed by atoms with Gasteiger partial charge in [0.1, 0.15) is 5.54 Å². The molecule has 2 atom stereocenters. The highest BCUT2D eigenvalue weighted by Crippen LogP contribution is 2.35. The summed E-state index contributed by atoms with van der Waals surface area (Å²) in [5.74, 6) is -1.00. The Morgan fingerprint density at radius 2 is 2.06 bits per heavy atom. The molecule has 1 rings (SSSR count). The molecule has 0 heterocycles. The van der Waals surface area contributed by atoms with E-state index in [0.717, 1.165) is 0 Å². The lowest BCUT2D eigenvalue weighted by Crippen LogP contribution is -2.49. The highest BCUT2D eigenvalue weighted by atomic mass is 32.2. The van der Waals surface area contributed by atoms with Crippen LogP contribution in [-0.2, 0) is 15.6 Å². The molecule has 1 aliphatic rings. The lowest BCUT2D eigenvalue weighted by atomic mass is 10.3. The van der Waals surface area contributed by atoms with Gasteiger partial charge in [0, 0.05) is 28.9 Å². The van der Waals surface area contributed by atoms with Crippen LogP contribution in [-0.4, -0.2) is 44.9 Å². The first-order chi connectivity index (χ1) is 7.37. The Morgan fingerprint density at radius 3 is 2.44 bits per heavy atom. The van der Waals surface area contributed by atoms with Crippen LogP contribution < -0.4 is 10.6 Å². The fourth-order valence-electron chi connectivity index (χ4n) is 1.13. The predicted octanol–water partition coefficient (Wildman–Crippen LogP) is -0.330. The molecule has 16 heavy (non-hydrogen) atoms. The molecule has 0 bridgehead atoms. The van der Waals surface area contributed by atoms with E-state index in [1.165, 1.54) is 0 Å². The zero-order valence-corrected chi connectivity index (χ0v) is 10.1. The number of carbonyl (C=O) groups is 2. The molecule has 2 unspecified atom stereocenters. The number of carboxylic acid groups (broad SMARTS) is 1. The molecule has 92 valence electrons. The molecular formula is C9H16N2O4S. The Hall–Kier alpha value is -1.11. The van der Waals surface area contributed by atoms with Crippen LogP contribution in [0.2, 0.25) is 0 Å². The van der Waals surface area contributed by atoms with Crippen LogP contribution in [0.15, 0.2) is 0 Å². The molecule has 1 aliphatic carbocycles. The molecule has 2 amide bonds. The van der Waals surface area contributed by atoms with E-state index in [9.17, 15) is 13.8 Å². The van der Waals surface area contributed by atoms with Gasteiger partial charge in [0.2, 0.25) is 0 Å². The van der Waals surface area contributed by atoms with Crippen molar-refractivity contribution in [2.24, 2.45) is 0 Å². The molecule has 3 N–H and O–H groups in total. The lowest BCUT2D eigenvalue weighted by Gasteiger charge is -2.15. The average Bonchev–Trinajstić information content (AvgIpc) is 2.95. The van der Waals surface area contributed by atoms with Crippen LogP contribution >= 0.6 is 0 Å². The molecule has 0 radical (unpaired) electrons. The van der Waals surface area contributed by atoms with Gasteiger partial charge in [-0.05, 0) is 19.8 Å². The highest BCUT2D eigenvalue weighted by Gasteiger charge is 2.51. The fraction of sp³-hybridized carbons (Fsp3) is 0.778. The second kappa shape index (κ2) is 4.82. The Balaban J connectivity index is 2.32. The van der Waals surface area contributed by atoms with Crippen molar-refractivity contribution >= 4 is 22.8 Å². The van der Waals surface area contributed by atoms with Crippen molar-refractivity contribution in [2.75, 3.05) is 12.8 Å². The van der Waals surface area contributed by atoms with Crippen molar-refractivity contribution in [1.82, 2.24) is 10.6 Å². The van der Waals surface area contributed by atoms with E-state index >= 15 is 0 Å². The number of rotatable bonds is 5. The number of urea groups is 1. The van der Waals surface area contributed by atoms with Crippen molar-refractivity contribution in [1.29, 1.82) is 0 Å². The van der Waals surface area contributed by atoms with Gasteiger partial charge in [-0.25, -0.2) is 9.59 Å². The van der Waals surface area contributed by atoms with Gasteiger partial charge in [-0.2, -0.15) is 0 Å². The molecule has 0 saturated heterocycles. The molecule has 0 aromatic carbocycles. The van der Waals surface area contributed by atoms with E-state index in [-0.39, 0.29) is 11.8 Å². The Morgan fingerprint density at radius 1 is 1.50 bits per heavy atom. The summed E-state index contributed by atoms with van der Waals surface area (Å²) in [7, 11) is -1.00. The van der Waals surface area contributed by atoms with Gasteiger partial charge in [-0.1, -0.05) is 0 Å². The van der Waals surface area contributed by atoms with Crippen LogP contribution in [0, 0.1) is 0 Å². The van der Waals surface area contributed by atoms with E-state index in [1.54, 1.807) is 13.2 Å². The van der Waals surface area contributed by atoms with Crippen molar-refractivity contribution in [3.63, 3.8) is 0 Å². The number of carbonyl (C=O) groups excluding carboxylic acids is 1. The molecular weight excluding hydrogens is 232 g/mol. The maximum absolute atomic E-state index is 11.3. The van der Waals surface area contributed by atoms with Crippen molar-refractivity contribution < 1.29 is 18.9 Å². The third-order valence-electron chi connectivity index (χ3n) is 2.63. The first-order valence-electron chi connectivity index (χ1n) is 4.99. The molecule has 1 saturated carbocycles. The van der Waals surface area contributed by atoms with Crippen LogP contribution in [0.4, 0.5) is 4.79 Å². The summed E-state index contributed by atoms with van der Waals surface area (Å²) < 4.78 is 11.0. The zero-order chi connectivity index (χ0) is 12.3. The van der Waals surface area contributed by atoms with E-state index < -0.39 is 28.3 Å². The topological polar surface area (TPSA) is 95.5 Å². The average molecular weight is 248 g/mol. The predicted molar refractivity (Wildman–Crippen MR) is 59.7 cm³/mol. The minimum absolute atomic E-state index is 0.147. The number of aliphatic carboxylic acids is 1. The number of nitrogens with one attached hydrogen (secondary N) is 2. The highest BCUT2D eigenvalue weighted by molar-refractivity contribution is 7.84. The van der Waals surface area contributed by atoms with Crippen LogP contribution in [0.25, 0.3) is 0 Å². The van der Waals surface area contributed by atoms with Crippen LogP contribution in [0.3, 0.4) is 0 Å². The van der Waals surface area contributed by atoms with Crippen LogP contribution in [0.1, 0.15) is 19.8 Å². The standard InChI is InChI=1S/C9H16N2O4S/c1-6(16(2)15)5-10-8(14)11-9(3-4-9)7(12)13/h6H,3-5H2,1-2H3,(H,12,13)(H2,10,11,14). The smallest absolute Gasteiger partial charge is 0.329 e. The van der Waals surface area contributed by atoms with Gasteiger partial charge in [0.15, 0.2) is 0 Å². The quantitative estimate of drug-likeness (QED) is 0.621. The van der Waals surface area contributed by atoms with Gasteiger partial charge in [-0.3, -0.25) is 4.21 Å². The van der Waals surface area contributed by atoms with Gasteiger partial charge >= 0.3 is 12.0 Å². The van der Waals surface area contributed by atoms with Gasteiger partial charge in [0.25, 0.3) is 0 Å². The Bertz CT molecular complexity index is 327. The summed E-state index contributed by atoms with van der Waals surface area (Å²) in [5.41, 5.74) is -1.07. The molecule has 6 nitrogen and oxygen atoms in total. The van der Waals surface area contributed by atoms with Gasteiger partial charge in [-0.15, -0.1) is 0 Å². The summed E-state index contributed by atoms with van der Waals surface area (Å²) in [6.45, 7) is 2.02. The van der Waals surface area contributed by atoms with Gasteiger partial charge in [0.05, 0.1) is 0 Å². The third-order valence-corrected chi connectivity index (χ3v) is 3.93. The van der Waals surface area contributed by atoms with E-state index in [4.69, 9.17) is 5.11 Å². The summed E-state index contributed by atoms with van der Waals surface area (Å²) in [5, 5.41) is 13.6. The third kappa shape index (κ3) is 3.19. The van der Waals surface area contributed by atoms with Crippen LogP contribution in [0.5, 0.6) is 0 Å². The normalized spacial score (nSPS) is 20.6. The minimum Gasteiger partial charge on any atom is -0.480 e. The minimum atomic E-state index is -1.07. The first-order valence-corrected chi connectivity index (χ1v) is 6.61. The van der Waals surface area contributed by atoms with Crippen molar-refractivity contribution in [3.05, 3.63) is 0 Å². The molecule has 0 aliphatic heterocycles. The SMILES string of the molecule is CC(CNC(=O)NC1(C(=O)O)CC1)S(C)=O. The number of hydrogen-bond donors (Lipinski definition) is 3. The molecule has 0 spiro atoms. The monoisotopic (exact) mass is 248 g/mol. The first kappa shape index (κ1) is 13.0. The van der Waals surface area contributed by atoms with Gasteiger partial charge < -0.3 is 15.7 Å². The second-order valence-corrected chi connectivity index (χ2v) is 5.83. The second-order valence-electron chi connectivity index (χ2n) is 4.03. The zero-order valence-electron chi connectivity index (χ0n) is 9.28. The Kier molecular flexibility index (Phi) is 3.90. The lowest BCUT2D eigenvalue weighted by molar-refractivity contribution is -0.140. The maximum Gasteiger partial charge on any atom is 0.329 e. The molecule has 0 aromatic heterocycles. The molecule has 0 aromatic rings.